The van der Waals surface area contributed by atoms with Gasteiger partial charge in [-0.15, -0.1) is 0 Å². The maximum Gasteiger partial charge on any atom is 0.343 e. The molecular weight excluding hydrogens is 430 g/mol. The fraction of sp³-hybridized carbons (Fsp3) is 0.552. The predicted molar refractivity (Wildman–Crippen MR) is 142 cm³/mol. The number of anilines is 1. The van der Waals surface area contributed by atoms with Gasteiger partial charge in [0.05, 0.1) is 5.56 Å². The van der Waals surface area contributed by atoms with E-state index in [1.165, 1.54) is 89.9 Å². The minimum absolute atomic E-state index is 0.365. The van der Waals surface area contributed by atoms with Crippen LogP contribution in [-0.2, 0) is 0 Å². The molecule has 0 atom stereocenters. The highest BCUT2D eigenvalue weighted by atomic mass is 35.5. The van der Waals surface area contributed by atoms with Crippen molar-refractivity contribution in [3.8, 4) is 5.75 Å². The molecule has 0 aliphatic carbocycles. The SMILES string of the molecule is CCCCCCCCCCCCCCCCNc1ccc(C(=O)Oc2ccc(Cl)cc2)cc1. The highest BCUT2D eigenvalue weighted by Crippen LogP contribution is 2.18. The van der Waals surface area contributed by atoms with Gasteiger partial charge in [0.1, 0.15) is 5.75 Å². The Labute approximate surface area is 206 Å². The van der Waals surface area contributed by atoms with Crippen LogP contribution in [-0.4, -0.2) is 12.5 Å². The second-order valence-electron chi connectivity index (χ2n) is 8.94. The summed E-state index contributed by atoms with van der Waals surface area (Å²) < 4.78 is 5.37. The second kappa shape index (κ2) is 17.5. The molecule has 0 unspecified atom stereocenters. The van der Waals surface area contributed by atoms with Crippen LogP contribution in [0.3, 0.4) is 0 Å². The number of hydrogen-bond donors (Lipinski definition) is 1. The lowest BCUT2D eigenvalue weighted by Crippen LogP contribution is -2.08. The lowest BCUT2D eigenvalue weighted by molar-refractivity contribution is 0.0735. The first-order valence-corrected chi connectivity index (χ1v) is 13.4. The summed E-state index contributed by atoms with van der Waals surface area (Å²) in [7, 11) is 0. The Morgan fingerprint density at radius 3 is 1.70 bits per heavy atom. The molecular formula is C29H42ClNO2. The number of benzene rings is 2. The smallest absolute Gasteiger partial charge is 0.343 e. The maximum absolute atomic E-state index is 12.2. The Hall–Kier alpha value is -2.00. The molecule has 0 aliphatic rings. The topological polar surface area (TPSA) is 38.3 Å². The van der Waals surface area contributed by atoms with E-state index >= 15 is 0 Å². The van der Waals surface area contributed by atoms with Crippen LogP contribution in [0.1, 0.15) is 107 Å². The fourth-order valence-electron chi connectivity index (χ4n) is 3.95. The van der Waals surface area contributed by atoms with Crippen LogP contribution in [0.15, 0.2) is 48.5 Å². The van der Waals surface area contributed by atoms with E-state index in [4.69, 9.17) is 16.3 Å². The number of carbonyl (C=O) groups excluding carboxylic acids is 1. The van der Waals surface area contributed by atoms with Gasteiger partial charge >= 0.3 is 5.97 Å². The van der Waals surface area contributed by atoms with Crippen LogP contribution in [0.5, 0.6) is 5.75 Å². The summed E-state index contributed by atoms with van der Waals surface area (Å²) >= 11 is 5.86. The molecule has 0 spiro atoms. The number of ether oxygens (including phenoxy) is 1. The molecule has 182 valence electrons. The standard InChI is InChI=1S/C29H42ClNO2/c1-2-3-4-5-6-7-8-9-10-11-12-13-14-15-24-31-27-20-16-25(17-21-27)29(32)33-28-22-18-26(30)19-23-28/h16-23,31H,2-15,24H2,1H3. The van der Waals surface area contributed by atoms with E-state index in [2.05, 4.69) is 12.2 Å². The van der Waals surface area contributed by atoms with Crippen molar-refractivity contribution in [2.45, 2.75) is 96.8 Å². The van der Waals surface area contributed by atoms with E-state index < -0.39 is 0 Å². The first-order valence-electron chi connectivity index (χ1n) is 13.0. The van der Waals surface area contributed by atoms with Crippen LogP contribution in [0, 0.1) is 0 Å². The quantitative estimate of drug-likeness (QED) is 0.133. The number of carbonyl (C=O) groups is 1. The van der Waals surface area contributed by atoms with E-state index in [1.807, 2.05) is 12.1 Å². The third-order valence-corrected chi connectivity index (χ3v) is 6.26. The third kappa shape index (κ3) is 12.7. The molecule has 0 saturated heterocycles. The zero-order valence-electron chi connectivity index (χ0n) is 20.4. The second-order valence-corrected chi connectivity index (χ2v) is 9.38. The number of halogens is 1. The Kier molecular flexibility index (Phi) is 14.4. The van der Waals surface area contributed by atoms with Gasteiger partial charge in [-0.25, -0.2) is 4.79 Å². The summed E-state index contributed by atoms with van der Waals surface area (Å²) in [5.74, 6) is 0.125. The number of esters is 1. The van der Waals surface area contributed by atoms with Crippen molar-refractivity contribution >= 4 is 23.3 Å². The molecule has 0 aromatic heterocycles. The zero-order valence-corrected chi connectivity index (χ0v) is 21.2. The van der Waals surface area contributed by atoms with Crippen molar-refractivity contribution in [1.82, 2.24) is 0 Å². The number of nitrogens with one attached hydrogen (secondary N) is 1. The molecule has 1 N–H and O–H groups in total. The first-order chi connectivity index (χ1) is 16.2. The van der Waals surface area contributed by atoms with Crippen molar-refractivity contribution in [3.63, 3.8) is 0 Å². The fourth-order valence-corrected chi connectivity index (χ4v) is 4.07. The lowest BCUT2D eigenvalue weighted by Gasteiger charge is -2.08. The summed E-state index contributed by atoms with van der Waals surface area (Å²) in [5, 5.41) is 4.06. The van der Waals surface area contributed by atoms with Gasteiger partial charge in [0.2, 0.25) is 0 Å². The number of hydrogen-bond acceptors (Lipinski definition) is 3. The number of unbranched alkanes of at least 4 members (excludes halogenated alkanes) is 13. The number of rotatable bonds is 18. The van der Waals surface area contributed by atoms with Crippen molar-refractivity contribution in [2.24, 2.45) is 0 Å². The molecule has 2 rings (SSSR count). The summed E-state index contributed by atoms with van der Waals surface area (Å²) in [6, 6.07) is 14.2. The lowest BCUT2D eigenvalue weighted by atomic mass is 10.0. The predicted octanol–water partition coefficient (Wildman–Crippen LogP) is 9.45. The molecule has 0 bridgehead atoms. The normalized spacial score (nSPS) is 10.8. The molecule has 2 aromatic carbocycles. The molecule has 0 aliphatic heterocycles. The highest BCUT2D eigenvalue weighted by Gasteiger charge is 2.08. The van der Waals surface area contributed by atoms with Gasteiger partial charge in [0.25, 0.3) is 0 Å². The summed E-state index contributed by atoms with van der Waals surface area (Å²) in [6.45, 7) is 3.24. The van der Waals surface area contributed by atoms with Crippen molar-refractivity contribution in [3.05, 3.63) is 59.1 Å². The van der Waals surface area contributed by atoms with Crippen LogP contribution < -0.4 is 10.1 Å². The van der Waals surface area contributed by atoms with Gasteiger partial charge < -0.3 is 10.1 Å². The summed E-state index contributed by atoms with van der Waals surface area (Å²) in [4.78, 5) is 12.2. The molecule has 0 fully saturated rings. The third-order valence-electron chi connectivity index (χ3n) is 6.00. The van der Waals surface area contributed by atoms with Gasteiger partial charge in [-0.1, -0.05) is 102 Å². The molecule has 0 saturated carbocycles. The zero-order chi connectivity index (χ0) is 23.6. The minimum Gasteiger partial charge on any atom is -0.423 e. The summed E-state index contributed by atoms with van der Waals surface area (Å²) in [5.41, 5.74) is 1.57. The molecule has 2 aromatic rings. The average molecular weight is 472 g/mol. The van der Waals surface area contributed by atoms with Gasteiger partial charge in [0, 0.05) is 17.3 Å². The molecule has 3 nitrogen and oxygen atoms in total. The Morgan fingerprint density at radius 1 is 0.697 bits per heavy atom. The van der Waals surface area contributed by atoms with Crippen molar-refractivity contribution < 1.29 is 9.53 Å². The largest absolute Gasteiger partial charge is 0.423 e. The van der Waals surface area contributed by atoms with E-state index in [9.17, 15) is 4.79 Å². The van der Waals surface area contributed by atoms with Crippen LogP contribution in [0.2, 0.25) is 5.02 Å². The molecule has 4 heteroatoms. The molecule has 0 heterocycles. The van der Waals surface area contributed by atoms with E-state index in [0.29, 0.717) is 16.3 Å². The molecule has 0 amide bonds. The Morgan fingerprint density at radius 2 is 1.18 bits per heavy atom. The van der Waals surface area contributed by atoms with Gasteiger partial charge in [0.15, 0.2) is 0 Å². The van der Waals surface area contributed by atoms with E-state index in [-0.39, 0.29) is 5.97 Å². The monoisotopic (exact) mass is 471 g/mol. The Bertz CT molecular complexity index is 758. The molecule has 33 heavy (non-hydrogen) atoms. The first kappa shape index (κ1) is 27.2. The van der Waals surface area contributed by atoms with Crippen molar-refractivity contribution in [2.75, 3.05) is 11.9 Å². The highest BCUT2D eigenvalue weighted by molar-refractivity contribution is 6.30. The van der Waals surface area contributed by atoms with E-state index in [1.54, 1.807) is 36.4 Å². The maximum atomic E-state index is 12.2. The Balaban J connectivity index is 1.45. The van der Waals surface area contributed by atoms with Crippen LogP contribution in [0.25, 0.3) is 0 Å². The average Bonchev–Trinajstić information content (AvgIpc) is 2.83. The summed E-state index contributed by atoms with van der Waals surface area (Å²) in [6.07, 6.45) is 19.2. The minimum atomic E-state index is -0.365. The van der Waals surface area contributed by atoms with Gasteiger partial charge in [-0.3, -0.25) is 0 Å². The van der Waals surface area contributed by atoms with Crippen molar-refractivity contribution in [1.29, 1.82) is 0 Å². The van der Waals surface area contributed by atoms with E-state index in [0.717, 1.165) is 12.2 Å². The van der Waals surface area contributed by atoms with Gasteiger partial charge in [-0.05, 0) is 55.0 Å². The molecule has 0 radical (unpaired) electrons. The van der Waals surface area contributed by atoms with Crippen LogP contribution >= 0.6 is 11.6 Å². The van der Waals surface area contributed by atoms with Crippen LogP contribution in [0.4, 0.5) is 5.69 Å². The van der Waals surface area contributed by atoms with Gasteiger partial charge in [-0.2, -0.15) is 0 Å².